The van der Waals surface area contributed by atoms with Crippen LogP contribution in [-0.2, 0) is 9.59 Å². The zero-order valence-electron chi connectivity index (χ0n) is 11.6. The maximum atomic E-state index is 13.5. The molecular formula is C14H17BrFNO4. The number of hydrogen-bond acceptors (Lipinski definition) is 3. The van der Waals surface area contributed by atoms with E-state index in [1.165, 1.54) is 12.1 Å². The van der Waals surface area contributed by atoms with Gasteiger partial charge in [-0.05, 0) is 38.0 Å². The monoisotopic (exact) mass is 361 g/mol. The Bertz CT molecular complexity index is 510. The normalized spacial score (nSPS) is 11.8. The van der Waals surface area contributed by atoms with E-state index < -0.39 is 11.8 Å². The smallest absolute Gasteiger partial charge is 0.303 e. The molecule has 0 saturated carbocycles. The van der Waals surface area contributed by atoms with Crippen LogP contribution in [0, 0.1) is 5.82 Å². The Balaban J connectivity index is 2.31. The second-order valence-electron chi connectivity index (χ2n) is 4.62. The fourth-order valence-corrected chi connectivity index (χ4v) is 2.02. The minimum Gasteiger partial charge on any atom is -0.481 e. The summed E-state index contributed by atoms with van der Waals surface area (Å²) in [6.45, 7) is 1.49. The summed E-state index contributed by atoms with van der Waals surface area (Å²) in [7, 11) is 0. The number of halogens is 2. The average Bonchev–Trinajstić information content (AvgIpc) is 2.37. The van der Waals surface area contributed by atoms with Crippen molar-refractivity contribution in [3.8, 4) is 5.75 Å². The first kappa shape index (κ1) is 17.4. The fourth-order valence-electron chi connectivity index (χ4n) is 1.68. The van der Waals surface area contributed by atoms with Crippen LogP contribution in [0.4, 0.5) is 4.39 Å². The molecule has 0 heterocycles. The lowest BCUT2D eigenvalue weighted by atomic mass is 10.1. The van der Waals surface area contributed by atoms with E-state index in [0.29, 0.717) is 17.3 Å². The van der Waals surface area contributed by atoms with E-state index in [9.17, 15) is 14.0 Å². The second kappa shape index (κ2) is 8.61. The maximum absolute atomic E-state index is 13.5. The van der Waals surface area contributed by atoms with Crippen molar-refractivity contribution in [2.45, 2.75) is 32.2 Å². The van der Waals surface area contributed by atoms with Gasteiger partial charge in [0.1, 0.15) is 0 Å². The highest BCUT2D eigenvalue weighted by molar-refractivity contribution is 9.10. The first-order valence-corrected chi connectivity index (χ1v) is 7.27. The number of carbonyl (C=O) groups excluding carboxylic acids is 1. The van der Waals surface area contributed by atoms with Gasteiger partial charge in [-0.25, -0.2) is 4.39 Å². The van der Waals surface area contributed by atoms with Crippen molar-refractivity contribution in [3.05, 3.63) is 28.5 Å². The summed E-state index contributed by atoms with van der Waals surface area (Å²) < 4.78 is 19.1. The Kier molecular flexibility index (Phi) is 7.14. The third-order valence-corrected chi connectivity index (χ3v) is 3.18. The molecule has 0 saturated heterocycles. The van der Waals surface area contributed by atoms with Crippen LogP contribution in [0.2, 0.25) is 0 Å². The van der Waals surface area contributed by atoms with Crippen LogP contribution in [0.5, 0.6) is 5.75 Å². The lowest BCUT2D eigenvalue weighted by Gasteiger charge is -2.14. The fraction of sp³-hybridized carbons (Fsp3) is 0.429. The molecule has 1 rings (SSSR count). The molecule has 0 radical (unpaired) electrons. The Morgan fingerprint density at radius 2 is 2.19 bits per heavy atom. The van der Waals surface area contributed by atoms with Crippen molar-refractivity contribution < 1.29 is 23.8 Å². The number of benzene rings is 1. The number of carbonyl (C=O) groups is 2. The highest BCUT2D eigenvalue weighted by Crippen LogP contribution is 2.21. The summed E-state index contributed by atoms with van der Waals surface area (Å²) in [5, 5.41) is 11.2. The molecule has 1 amide bonds. The lowest BCUT2D eigenvalue weighted by molar-refractivity contribution is -0.137. The summed E-state index contributed by atoms with van der Waals surface area (Å²) in [5.41, 5.74) is 0. The van der Waals surface area contributed by atoms with Crippen molar-refractivity contribution in [2.24, 2.45) is 0 Å². The van der Waals surface area contributed by atoms with Crippen LogP contribution in [0.15, 0.2) is 22.7 Å². The first-order valence-electron chi connectivity index (χ1n) is 6.47. The molecule has 0 bridgehead atoms. The molecule has 0 fully saturated rings. The van der Waals surface area contributed by atoms with Gasteiger partial charge in [0, 0.05) is 16.9 Å². The van der Waals surface area contributed by atoms with Gasteiger partial charge in [-0.15, -0.1) is 0 Å². The van der Waals surface area contributed by atoms with Crippen molar-refractivity contribution in [1.29, 1.82) is 0 Å². The van der Waals surface area contributed by atoms with E-state index in [4.69, 9.17) is 9.84 Å². The van der Waals surface area contributed by atoms with Crippen LogP contribution in [0.25, 0.3) is 0 Å². The lowest BCUT2D eigenvalue weighted by Crippen LogP contribution is -2.36. The predicted molar refractivity (Wildman–Crippen MR) is 78.7 cm³/mol. The van der Waals surface area contributed by atoms with Crippen LogP contribution in [-0.4, -0.2) is 29.6 Å². The predicted octanol–water partition coefficient (Wildman–Crippen LogP) is 2.73. The topological polar surface area (TPSA) is 75.6 Å². The average molecular weight is 362 g/mol. The molecule has 0 aromatic heterocycles. The highest BCUT2D eigenvalue weighted by atomic mass is 79.9. The number of carboxylic acids is 1. The third kappa shape index (κ3) is 7.08. The standard InChI is InChI=1S/C14H17BrFNO4/c1-9(3-2-4-14(19)20)17-13(18)8-21-12-6-5-10(15)7-11(12)16/h5-7,9H,2-4,8H2,1H3,(H,17,18)(H,19,20). The SMILES string of the molecule is CC(CCCC(=O)O)NC(=O)COc1ccc(Br)cc1F. The van der Waals surface area contributed by atoms with Crippen molar-refractivity contribution in [2.75, 3.05) is 6.61 Å². The summed E-state index contributed by atoms with van der Waals surface area (Å²) in [6, 6.07) is 4.14. The van der Waals surface area contributed by atoms with Gasteiger partial charge in [0.25, 0.3) is 5.91 Å². The van der Waals surface area contributed by atoms with Crippen molar-refractivity contribution in [1.82, 2.24) is 5.32 Å². The summed E-state index contributed by atoms with van der Waals surface area (Å²) in [5.74, 6) is -1.78. The molecule has 1 aromatic rings. The van der Waals surface area contributed by atoms with Crippen LogP contribution in [0.1, 0.15) is 26.2 Å². The molecule has 1 unspecified atom stereocenters. The Morgan fingerprint density at radius 1 is 1.48 bits per heavy atom. The summed E-state index contributed by atoms with van der Waals surface area (Å²) >= 11 is 3.13. The number of nitrogens with one attached hydrogen (secondary N) is 1. The van der Waals surface area contributed by atoms with Gasteiger partial charge in [-0.2, -0.15) is 0 Å². The minimum absolute atomic E-state index is 0.00637. The molecule has 7 heteroatoms. The first-order chi connectivity index (χ1) is 9.88. The van der Waals surface area contributed by atoms with Gasteiger partial charge in [0.05, 0.1) is 0 Å². The van der Waals surface area contributed by atoms with Crippen LogP contribution in [0.3, 0.4) is 0 Å². The molecular weight excluding hydrogens is 345 g/mol. The van der Waals surface area contributed by atoms with E-state index in [1.807, 2.05) is 0 Å². The molecule has 116 valence electrons. The van der Waals surface area contributed by atoms with Gasteiger partial charge in [-0.1, -0.05) is 15.9 Å². The quantitative estimate of drug-likeness (QED) is 0.746. The Morgan fingerprint density at radius 3 is 2.81 bits per heavy atom. The van der Waals surface area contributed by atoms with Gasteiger partial charge in [0.15, 0.2) is 18.2 Å². The molecule has 0 aliphatic rings. The van der Waals surface area contributed by atoms with Gasteiger partial charge in [-0.3, -0.25) is 9.59 Å². The van der Waals surface area contributed by atoms with Crippen LogP contribution < -0.4 is 10.1 Å². The summed E-state index contributed by atoms with van der Waals surface area (Å²) in [4.78, 5) is 22.0. The second-order valence-corrected chi connectivity index (χ2v) is 5.53. The maximum Gasteiger partial charge on any atom is 0.303 e. The molecule has 0 aliphatic carbocycles. The number of hydrogen-bond donors (Lipinski definition) is 2. The molecule has 1 aromatic carbocycles. The Hall–Kier alpha value is -1.63. The Labute approximate surface area is 130 Å². The van der Waals surface area contributed by atoms with E-state index in [-0.39, 0.29) is 30.7 Å². The van der Waals surface area contributed by atoms with E-state index >= 15 is 0 Å². The van der Waals surface area contributed by atoms with Crippen molar-refractivity contribution in [3.63, 3.8) is 0 Å². The molecule has 21 heavy (non-hydrogen) atoms. The minimum atomic E-state index is -0.859. The molecule has 1 atom stereocenters. The molecule has 5 nitrogen and oxygen atoms in total. The van der Waals surface area contributed by atoms with Gasteiger partial charge in [0.2, 0.25) is 0 Å². The number of ether oxygens (including phenoxy) is 1. The molecule has 2 N–H and O–H groups in total. The largest absolute Gasteiger partial charge is 0.481 e. The van der Waals surface area contributed by atoms with E-state index in [2.05, 4.69) is 21.2 Å². The van der Waals surface area contributed by atoms with Gasteiger partial charge < -0.3 is 15.2 Å². The zero-order valence-corrected chi connectivity index (χ0v) is 13.2. The van der Waals surface area contributed by atoms with E-state index in [0.717, 1.165) is 0 Å². The zero-order chi connectivity index (χ0) is 15.8. The van der Waals surface area contributed by atoms with E-state index in [1.54, 1.807) is 13.0 Å². The van der Waals surface area contributed by atoms with Crippen molar-refractivity contribution >= 4 is 27.8 Å². The number of aliphatic carboxylic acids is 1. The van der Waals surface area contributed by atoms with Gasteiger partial charge >= 0.3 is 5.97 Å². The number of amides is 1. The number of carboxylic acid groups (broad SMARTS) is 1. The number of rotatable bonds is 8. The summed E-state index contributed by atoms with van der Waals surface area (Å²) in [6.07, 6.45) is 1.12. The molecule has 0 aliphatic heterocycles. The molecule has 0 spiro atoms. The third-order valence-electron chi connectivity index (χ3n) is 2.69. The van der Waals surface area contributed by atoms with Crippen LogP contribution >= 0.6 is 15.9 Å². The highest BCUT2D eigenvalue weighted by Gasteiger charge is 2.10.